The summed E-state index contributed by atoms with van der Waals surface area (Å²) < 4.78 is 0.827. The van der Waals surface area contributed by atoms with Crippen LogP contribution < -0.4 is 5.32 Å². The van der Waals surface area contributed by atoms with Gasteiger partial charge in [0.1, 0.15) is 0 Å². The van der Waals surface area contributed by atoms with Crippen molar-refractivity contribution in [2.45, 2.75) is 33.2 Å². The summed E-state index contributed by atoms with van der Waals surface area (Å²) in [4.78, 5) is 12.4. The van der Waals surface area contributed by atoms with E-state index in [-0.39, 0.29) is 11.9 Å². The molecule has 0 saturated carbocycles. The van der Waals surface area contributed by atoms with Crippen LogP contribution in [0.2, 0.25) is 0 Å². The maximum Gasteiger partial charge on any atom is 0.252 e. The topological polar surface area (TPSA) is 29.1 Å². The van der Waals surface area contributed by atoms with Gasteiger partial charge in [0.25, 0.3) is 5.91 Å². The molecule has 1 unspecified atom stereocenters. The lowest BCUT2D eigenvalue weighted by Gasteiger charge is -2.16. The highest BCUT2D eigenvalue weighted by Crippen LogP contribution is 2.18. The fraction of sp³-hybridized carbons (Fsp3) is 0.278. The molecule has 3 heteroatoms. The lowest BCUT2D eigenvalue weighted by atomic mass is 10.0. The van der Waals surface area contributed by atoms with E-state index < -0.39 is 0 Å². The molecule has 0 bridgehead atoms. The number of halogens is 1. The van der Waals surface area contributed by atoms with E-state index in [1.165, 1.54) is 11.1 Å². The zero-order valence-corrected chi connectivity index (χ0v) is 14.2. The minimum absolute atomic E-state index is 0.0355. The summed E-state index contributed by atoms with van der Waals surface area (Å²) in [7, 11) is 0. The molecule has 2 nitrogen and oxygen atoms in total. The van der Waals surface area contributed by atoms with E-state index in [1.807, 2.05) is 44.2 Å². The predicted octanol–water partition coefficient (Wildman–Crippen LogP) is 4.43. The van der Waals surface area contributed by atoms with Crippen LogP contribution in [0.1, 0.15) is 34.0 Å². The normalized spacial score (nSPS) is 12.0. The van der Waals surface area contributed by atoms with Gasteiger partial charge < -0.3 is 5.32 Å². The Balaban J connectivity index is 2.06. The van der Waals surface area contributed by atoms with Crippen molar-refractivity contribution in [3.8, 4) is 0 Å². The van der Waals surface area contributed by atoms with Gasteiger partial charge in [-0.25, -0.2) is 0 Å². The van der Waals surface area contributed by atoms with Crippen molar-refractivity contribution in [3.63, 3.8) is 0 Å². The second kappa shape index (κ2) is 6.90. The SMILES string of the molecule is Cc1ccc(Br)c(C(=O)NC(C)Cc2ccccc2C)c1. The standard InChI is InChI=1S/C18H20BrNO/c1-12-8-9-17(19)16(10-12)18(21)20-14(3)11-15-7-5-4-6-13(15)2/h4-10,14H,11H2,1-3H3,(H,20,21). The Hall–Kier alpha value is -1.61. The maximum atomic E-state index is 12.4. The molecule has 2 aromatic carbocycles. The molecule has 0 spiro atoms. The summed E-state index contributed by atoms with van der Waals surface area (Å²) in [5.41, 5.74) is 4.30. The third-order valence-electron chi connectivity index (χ3n) is 3.53. The Morgan fingerprint density at radius 1 is 1.19 bits per heavy atom. The van der Waals surface area contributed by atoms with Crippen LogP contribution in [-0.4, -0.2) is 11.9 Å². The summed E-state index contributed by atoms with van der Waals surface area (Å²) in [5, 5.41) is 3.07. The van der Waals surface area contributed by atoms with E-state index in [1.54, 1.807) is 0 Å². The lowest BCUT2D eigenvalue weighted by Crippen LogP contribution is -2.34. The minimum atomic E-state index is -0.0355. The molecule has 1 atom stereocenters. The first-order valence-electron chi connectivity index (χ1n) is 7.09. The summed E-state index contributed by atoms with van der Waals surface area (Å²) >= 11 is 3.44. The van der Waals surface area contributed by atoms with Crippen LogP contribution in [0.15, 0.2) is 46.9 Å². The Kier molecular flexibility index (Phi) is 5.18. The first-order chi connectivity index (χ1) is 9.97. The third-order valence-corrected chi connectivity index (χ3v) is 4.22. The first kappa shape index (κ1) is 15.8. The highest BCUT2D eigenvalue weighted by Gasteiger charge is 2.13. The molecule has 0 radical (unpaired) electrons. The molecule has 0 aliphatic heterocycles. The molecule has 0 aliphatic rings. The van der Waals surface area contributed by atoms with E-state index >= 15 is 0 Å². The Morgan fingerprint density at radius 3 is 2.62 bits per heavy atom. The van der Waals surface area contributed by atoms with Crippen molar-refractivity contribution in [2.75, 3.05) is 0 Å². The smallest absolute Gasteiger partial charge is 0.252 e. The van der Waals surface area contributed by atoms with E-state index in [0.29, 0.717) is 5.56 Å². The van der Waals surface area contributed by atoms with E-state index in [0.717, 1.165) is 16.5 Å². The predicted molar refractivity (Wildman–Crippen MR) is 90.7 cm³/mol. The van der Waals surface area contributed by atoms with Crippen LogP contribution in [0, 0.1) is 13.8 Å². The molecule has 1 amide bonds. The van der Waals surface area contributed by atoms with Gasteiger partial charge in [-0.3, -0.25) is 4.79 Å². The zero-order chi connectivity index (χ0) is 15.4. The number of nitrogens with one attached hydrogen (secondary N) is 1. The van der Waals surface area contributed by atoms with Gasteiger partial charge in [-0.1, -0.05) is 35.9 Å². The molecular formula is C18H20BrNO. The molecule has 1 N–H and O–H groups in total. The molecule has 0 heterocycles. The Morgan fingerprint density at radius 2 is 1.90 bits per heavy atom. The molecule has 0 fully saturated rings. The summed E-state index contributed by atoms with van der Waals surface area (Å²) in [5.74, 6) is -0.0355. The zero-order valence-electron chi connectivity index (χ0n) is 12.6. The van der Waals surface area contributed by atoms with Crippen LogP contribution in [0.3, 0.4) is 0 Å². The highest BCUT2D eigenvalue weighted by atomic mass is 79.9. The van der Waals surface area contributed by atoms with Crippen molar-refractivity contribution < 1.29 is 4.79 Å². The first-order valence-corrected chi connectivity index (χ1v) is 7.88. The number of aryl methyl sites for hydroxylation is 2. The second-order valence-electron chi connectivity index (χ2n) is 5.49. The van der Waals surface area contributed by atoms with Gasteiger partial charge in [-0.2, -0.15) is 0 Å². The quantitative estimate of drug-likeness (QED) is 0.872. The monoisotopic (exact) mass is 345 g/mol. The number of hydrogen-bond acceptors (Lipinski definition) is 1. The molecule has 0 aromatic heterocycles. The van der Waals surface area contributed by atoms with Crippen LogP contribution in [0.4, 0.5) is 0 Å². The molecule has 0 aliphatic carbocycles. The van der Waals surface area contributed by atoms with Gasteiger partial charge in [0.2, 0.25) is 0 Å². The van der Waals surface area contributed by atoms with Crippen LogP contribution in [-0.2, 0) is 6.42 Å². The number of amides is 1. The molecule has 21 heavy (non-hydrogen) atoms. The number of carbonyl (C=O) groups excluding carboxylic acids is 1. The summed E-state index contributed by atoms with van der Waals surface area (Å²) in [6, 6.07) is 14.2. The van der Waals surface area contributed by atoms with Gasteiger partial charge in [0.05, 0.1) is 5.56 Å². The average molecular weight is 346 g/mol. The van der Waals surface area contributed by atoms with Crippen LogP contribution in [0.25, 0.3) is 0 Å². The summed E-state index contributed by atoms with van der Waals surface area (Å²) in [6.07, 6.45) is 0.835. The van der Waals surface area contributed by atoms with Gasteiger partial charge in [0, 0.05) is 10.5 Å². The van der Waals surface area contributed by atoms with Crippen molar-refractivity contribution in [1.82, 2.24) is 5.32 Å². The van der Waals surface area contributed by atoms with E-state index in [9.17, 15) is 4.79 Å². The van der Waals surface area contributed by atoms with Gasteiger partial charge in [-0.05, 0) is 66.4 Å². The molecule has 2 aromatic rings. The largest absolute Gasteiger partial charge is 0.349 e. The van der Waals surface area contributed by atoms with Crippen LogP contribution >= 0.6 is 15.9 Å². The highest BCUT2D eigenvalue weighted by molar-refractivity contribution is 9.10. The average Bonchev–Trinajstić information content (AvgIpc) is 2.44. The molecule has 2 rings (SSSR count). The third kappa shape index (κ3) is 4.18. The second-order valence-corrected chi connectivity index (χ2v) is 6.34. The fourth-order valence-corrected chi connectivity index (χ4v) is 2.76. The summed E-state index contributed by atoms with van der Waals surface area (Å²) in [6.45, 7) is 6.12. The van der Waals surface area contributed by atoms with Gasteiger partial charge in [-0.15, -0.1) is 0 Å². The fourth-order valence-electron chi connectivity index (χ4n) is 2.33. The van der Waals surface area contributed by atoms with Crippen molar-refractivity contribution in [1.29, 1.82) is 0 Å². The maximum absolute atomic E-state index is 12.4. The van der Waals surface area contributed by atoms with Gasteiger partial charge >= 0.3 is 0 Å². The molecule has 110 valence electrons. The number of carbonyl (C=O) groups is 1. The van der Waals surface area contributed by atoms with Crippen molar-refractivity contribution >= 4 is 21.8 Å². The van der Waals surface area contributed by atoms with Crippen LogP contribution in [0.5, 0.6) is 0 Å². The Bertz CT molecular complexity index is 651. The number of hydrogen-bond donors (Lipinski definition) is 1. The minimum Gasteiger partial charge on any atom is -0.349 e. The van der Waals surface area contributed by atoms with E-state index in [2.05, 4.69) is 40.3 Å². The lowest BCUT2D eigenvalue weighted by molar-refractivity contribution is 0.0939. The number of rotatable bonds is 4. The van der Waals surface area contributed by atoms with Crippen molar-refractivity contribution in [2.24, 2.45) is 0 Å². The number of benzene rings is 2. The Labute approximate surface area is 134 Å². The molecule has 0 saturated heterocycles. The van der Waals surface area contributed by atoms with Crippen molar-refractivity contribution in [3.05, 3.63) is 69.2 Å². The van der Waals surface area contributed by atoms with E-state index in [4.69, 9.17) is 0 Å². The molecular weight excluding hydrogens is 326 g/mol. The van der Waals surface area contributed by atoms with Gasteiger partial charge in [0.15, 0.2) is 0 Å².